The van der Waals surface area contributed by atoms with Crippen LogP contribution in [0.25, 0.3) is 0 Å². The highest BCUT2D eigenvalue weighted by molar-refractivity contribution is 7.80. The van der Waals surface area contributed by atoms with E-state index in [0.29, 0.717) is 17.6 Å². The number of urea groups is 1. The summed E-state index contributed by atoms with van der Waals surface area (Å²) in [6.45, 7) is 3.90. The molecule has 0 atom stereocenters. The van der Waals surface area contributed by atoms with Crippen LogP contribution < -0.4 is 11.1 Å². The van der Waals surface area contributed by atoms with Crippen molar-refractivity contribution < 1.29 is 4.79 Å². The van der Waals surface area contributed by atoms with Crippen molar-refractivity contribution in [2.75, 3.05) is 32.7 Å². The van der Waals surface area contributed by atoms with Gasteiger partial charge in [0.05, 0.1) is 4.99 Å². The van der Waals surface area contributed by atoms with Crippen LogP contribution in [0.4, 0.5) is 4.79 Å². The molecular weight excluding hydrogens is 260 g/mol. The van der Waals surface area contributed by atoms with Gasteiger partial charge in [0, 0.05) is 38.8 Å². The van der Waals surface area contributed by atoms with E-state index in [9.17, 15) is 4.79 Å². The van der Waals surface area contributed by atoms with Crippen LogP contribution >= 0.6 is 12.2 Å². The summed E-state index contributed by atoms with van der Waals surface area (Å²) in [5.74, 6) is 0. The Morgan fingerprint density at radius 2 is 1.79 bits per heavy atom. The fraction of sp³-hybridized carbons (Fsp3) is 0.846. The van der Waals surface area contributed by atoms with Crippen molar-refractivity contribution in [3.8, 4) is 0 Å². The van der Waals surface area contributed by atoms with Crippen molar-refractivity contribution in [1.82, 2.24) is 15.1 Å². The lowest BCUT2D eigenvalue weighted by Crippen LogP contribution is -2.54. The number of thiocarbonyl (C=S) groups is 1. The molecule has 2 rings (SSSR count). The molecule has 2 amide bonds. The average molecular weight is 284 g/mol. The number of piperazine rings is 1. The van der Waals surface area contributed by atoms with Crippen LogP contribution in [0.2, 0.25) is 0 Å². The maximum absolute atomic E-state index is 12.1. The first-order valence-corrected chi connectivity index (χ1v) is 7.62. The molecule has 5 nitrogen and oxygen atoms in total. The average Bonchev–Trinajstić information content (AvgIpc) is 2.40. The molecule has 0 aromatic carbocycles. The van der Waals surface area contributed by atoms with E-state index in [-0.39, 0.29) is 6.03 Å². The Bertz CT molecular complexity index is 323. The van der Waals surface area contributed by atoms with Gasteiger partial charge in [-0.2, -0.15) is 0 Å². The molecular formula is C13H24N4OS. The molecule has 0 spiro atoms. The van der Waals surface area contributed by atoms with E-state index in [0.717, 1.165) is 39.0 Å². The summed E-state index contributed by atoms with van der Waals surface area (Å²) in [6, 6.07) is 0.484. The molecule has 1 saturated carbocycles. The third-order valence-corrected chi connectivity index (χ3v) is 4.10. The first kappa shape index (κ1) is 14.5. The minimum absolute atomic E-state index is 0.0990. The van der Waals surface area contributed by atoms with Gasteiger partial charge < -0.3 is 16.0 Å². The topological polar surface area (TPSA) is 61.6 Å². The van der Waals surface area contributed by atoms with Gasteiger partial charge in [0.1, 0.15) is 0 Å². The summed E-state index contributed by atoms with van der Waals surface area (Å²) in [5.41, 5.74) is 5.54. The fourth-order valence-electron chi connectivity index (χ4n) is 2.84. The first-order valence-electron chi connectivity index (χ1n) is 7.21. The van der Waals surface area contributed by atoms with Gasteiger partial charge in [-0.3, -0.25) is 4.90 Å². The first-order chi connectivity index (χ1) is 9.15. The van der Waals surface area contributed by atoms with Crippen molar-refractivity contribution in [2.24, 2.45) is 5.73 Å². The largest absolute Gasteiger partial charge is 0.392 e. The maximum Gasteiger partial charge on any atom is 0.317 e. The van der Waals surface area contributed by atoms with E-state index in [1.165, 1.54) is 19.3 Å². The van der Waals surface area contributed by atoms with E-state index in [1.807, 2.05) is 4.90 Å². The quantitative estimate of drug-likeness (QED) is 0.757. The van der Waals surface area contributed by atoms with Crippen LogP contribution in [-0.4, -0.2) is 59.6 Å². The van der Waals surface area contributed by atoms with Crippen molar-refractivity contribution in [3.63, 3.8) is 0 Å². The molecule has 0 bridgehead atoms. The van der Waals surface area contributed by atoms with Crippen molar-refractivity contribution in [2.45, 2.75) is 38.1 Å². The second-order valence-electron chi connectivity index (χ2n) is 5.51. The normalized spacial score (nSPS) is 22.2. The van der Waals surface area contributed by atoms with Crippen LogP contribution in [0.5, 0.6) is 0 Å². The van der Waals surface area contributed by atoms with Gasteiger partial charge in [0.2, 0.25) is 0 Å². The smallest absolute Gasteiger partial charge is 0.317 e. The lowest BCUT2D eigenvalue weighted by molar-refractivity contribution is 0.144. The summed E-state index contributed by atoms with van der Waals surface area (Å²) in [6.07, 6.45) is 6.06. The molecule has 19 heavy (non-hydrogen) atoms. The van der Waals surface area contributed by atoms with Crippen LogP contribution in [0.15, 0.2) is 0 Å². The number of hydrogen-bond donors (Lipinski definition) is 2. The molecule has 0 unspecified atom stereocenters. The van der Waals surface area contributed by atoms with Crippen LogP contribution in [0.3, 0.4) is 0 Å². The zero-order valence-corrected chi connectivity index (χ0v) is 12.3. The van der Waals surface area contributed by atoms with Gasteiger partial charge in [-0.15, -0.1) is 0 Å². The van der Waals surface area contributed by atoms with E-state index < -0.39 is 0 Å². The molecule has 1 aliphatic heterocycles. The summed E-state index contributed by atoms with van der Waals surface area (Å²) in [5, 5.41) is 3.16. The molecule has 6 heteroatoms. The SMILES string of the molecule is NC(=S)CN1CCN(C(=O)NC2CCCCC2)CC1. The van der Waals surface area contributed by atoms with Crippen molar-refractivity contribution >= 4 is 23.2 Å². The Hall–Kier alpha value is -0.880. The molecule has 0 aromatic rings. The molecule has 1 heterocycles. The van der Waals surface area contributed by atoms with Crippen molar-refractivity contribution in [3.05, 3.63) is 0 Å². The second kappa shape index (κ2) is 7.05. The number of nitrogens with two attached hydrogens (primary N) is 1. The molecule has 0 aromatic heterocycles. The number of nitrogens with zero attached hydrogens (tertiary/aromatic N) is 2. The number of carbonyl (C=O) groups is 1. The summed E-state index contributed by atoms with van der Waals surface area (Å²) < 4.78 is 0. The van der Waals surface area contributed by atoms with Gasteiger partial charge in [-0.25, -0.2) is 4.79 Å². The van der Waals surface area contributed by atoms with Gasteiger partial charge in [-0.05, 0) is 12.8 Å². The third kappa shape index (κ3) is 4.62. The van der Waals surface area contributed by atoms with Gasteiger partial charge in [0.25, 0.3) is 0 Å². The predicted octanol–water partition coefficient (Wildman–Crippen LogP) is 0.932. The van der Waals surface area contributed by atoms with E-state index in [2.05, 4.69) is 10.2 Å². The number of rotatable bonds is 3. The minimum atomic E-state index is 0.0990. The lowest BCUT2D eigenvalue weighted by atomic mass is 9.96. The van der Waals surface area contributed by atoms with Gasteiger partial charge in [0.15, 0.2) is 0 Å². The molecule has 1 aliphatic carbocycles. The minimum Gasteiger partial charge on any atom is -0.392 e. The lowest BCUT2D eigenvalue weighted by Gasteiger charge is -2.35. The second-order valence-corrected chi connectivity index (χ2v) is 6.04. The Morgan fingerprint density at radius 3 is 2.37 bits per heavy atom. The Labute approximate surface area is 120 Å². The summed E-state index contributed by atoms with van der Waals surface area (Å²) in [7, 11) is 0. The number of amides is 2. The Kier molecular flexibility index (Phi) is 5.39. The zero-order valence-electron chi connectivity index (χ0n) is 11.4. The Balaban J connectivity index is 1.71. The summed E-state index contributed by atoms with van der Waals surface area (Å²) in [4.78, 5) is 16.8. The molecule has 3 N–H and O–H groups in total. The van der Waals surface area contributed by atoms with Crippen molar-refractivity contribution in [1.29, 1.82) is 0 Å². The third-order valence-electron chi connectivity index (χ3n) is 3.97. The number of carbonyl (C=O) groups excluding carboxylic acids is 1. The molecule has 108 valence electrons. The van der Waals surface area contributed by atoms with Crippen LogP contribution in [-0.2, 0) is 0 Å². The highest BCUT2D eigenvalue weighted by Gasteiger charge is 2.23. The zero-order chi connectivity index (χ0) is 13.7. The molecule has 1 saturated heterocycles. The Morgan fingerprint density at radius 1 is 1.16 bits per heavy atom. The van der Waals surface area contributed by atoms with Crippen LogP contribution in [0, 0.1) is 0 Å². The van der Waals surface area contributed by atoms with E-state index in [1.54, 1.807) is 0 Å². The highest BCUT2D eigenvalue weighted by atomic mass is 32.1. The molecule has 0 radical (unpaired) electrons. The highest BCUT2D eigenvalue weighted by Crippen LogP contribution is 2.17. The fourth-order valence-corrected chi connectivity index (χ4v) is 3.02. The number of nitrogens with one attached hydrogen (secondary N) is 1. The number of hydrogen-bond acceptors (Lipinski definition) is 3. The van der Waals surface area contributed by atoms with Gasteiger partial charge in [-0.1, -0.05) is 31.5 Å². The van der Waals surface area contributed by atoms with Crippen LogP contribution in [0.1, 0.15) is 32.1 Å². The van der Waals surface area contributed by atoms with E-state index in [4.69, 9.17) is 18.0 Å². The maximum atomic E-state index is 12.1. The summed E-state index contributed by atoms with van der Waals surface area (Å²) >= 11 is 4.91. The predicted molar refractivity (Wildman–Crippen MR) is 80.2 cm³/mol. The molecule has 2 aliphatic rings. The molecule has 2 fully saturated rings. The van der Waals surface area contributed by atoms with Gasteiger partial charge >= 0.3 is 6.03 Å². The monoisotopic (exact) mass is 284 g/mol. The standard InChI is InChI=1S/C13H24N4OS/c14-12(19)10-16-6-8-17(9-7-16)13(18)15-11-4-2-1-3-5-11/h11H,1-10H2,(H2,14,19)(H,15,18). The van der Waals surface area contributed by atoms with E-state index >= 15 is 0 Å².